The fraction of sp³-hybridized carbons (Fsp3) is 0.222. The lowest BCUT2D eigenvalue weighted by atomic mass is 10.2. The number of carboxylic acids is 1. The molecule has 3 aromatic rings. The summed E-state index contributed by atoms with van der Waals surface area (Å²) in [6, 6.07) is 11.5. The molecule has 0 unspecified atom stereocenters. The summed E-state index contributed by atoms with van der Waals surface area (Å²) in [5, 5.41) is 10.6. The van der Waals surface area contributed by atoms with Crippen molar-refractivity contribution >= 4 is 28.6 Å². The van der Waals surface area contributed by atoms with Crippen molar-refractivity contribution in [1.29, 1.82) is 0 Å². The molecule has 5 nitrogen and oxygen atoms in total. The molecule has 124 valence electrons. The molecule has 0 spiro atoms. The Hall–Kier alpha value is -2.53. The maximum Gasteiger partial charge on any atom is 0.303 e. The number of halogens is 1. The molecule has 2 aromatic heterocycles. The van der Waals surface area contributed by atoms with Crippen molar-refractivity contribution in [2.24, 2.45) is 0 Å². The van der Waals surface area contributed by atoms with Crippen molar-refractivity contribution in [1.82, 2.24) is 9.55 Å². The number of aromatic nitrogens is 2. The Labute approximate surface area is 144 Å². The zero-order valence-electron chi connectivity index (χ0n) is 13.2. The van der Waals surface area contributed by atoms with Crippen molar-refractivity contribution in [2.75, 3.05) is 7.11 Å². The third kappa shape index (κ3) is 3.51. The van der Waals surface area contributed by atoms with Crippen LogP contribution in [0.25, 0.3) is 11.0 Å². The molecule has 0 aliphatic rings. The highest BCUT2D eigenvalue weighted by Gasteiger charge is 2.13. The van der Waals surface area contributed by atoms with E-state index in [1.165, 1.54) is 0 Å². The van der Waals surface area contributed by atoms with Gasteiger partial charge in [0.25, 0.3) is 0 Å². The van der Waals surface area contributed by atoms with Crippen molar-refractivity contribution in [3.05, 3.63) is 58.9 Å². The van der Waals surface area contributed by atoms with Gasteiger partial charge >= 0.3 is 5.97 Å². The van der Waals surface area contributed by atoms with Crippen LogP contribution in [0.2, 0.25) is 5.02 Å². The second-order valence-corrected chi connectivity index (χ2v) is 5.97. The second-order valence-electron chi connectivity index (χ2n) is 5.53. The molecule has 0 aliphatic carbocycles. The number of rotatable bonds is 6. The Kier molecular flexibility index (Phi) is 4.71. The first-order valence-corrected chi connectivity index (χ1v) is 7.93. The van der Waals surface area contributed by atoms with Crippen molar-refractivity contribution in [2.45, 2.75) is 19.4 Å². The molecule has 0 bridgehead atoms. The highest BCUT2D eigenvalue weighted by atomic mass is 35.5. The normalized spacial score (nSPS) is 10.9. The third-order valence-corrected chi connectivity index (χ3v) is 4.13. The molecule has 0 saturated carbocycles. The van der Waals surface area contributed by atoms with Crippen LogP contribution in [0, 0.1) is 0 Å². The number of nitrogens with zero attached hydrogens (tertiary/aromatic N) is 2. The van der Waals surface area contributed by atoms with E-state index in [-0.39, 0.29) is 6.42 Å². The smallest absolute Gasteiger partial charge is 0.303 e. The van der Waals surface area contributed by atoms with Gasteiger partial charge in [-0.05, 0) is 36.2 Å². The number of carboxylic acid groups (broad SMARTS) is 1. The first kappa shape index (κ1) is 16.3. The lowest BCUT2D eigenvalue weighted by molar-refractivity contribution is -0.136. The Balaban J connectivity index is 2.02. The van der Waals surface area contributed by atoms with Gasteiger partial charge in [-0.3, -0.25) is 4.79 Å². The first-order valence-electron chi connectivity index (χ1n) is 7.55. The Morgan fingerprint density at radius 1 is 1.29 bits per heavy atom. The van der Waals surface area contributed by atoms with E-state index in [0.717, 1.165) is 22.3 Å². The highest BCUT2D eigenvalue weighted by molar-refractivity contribution is 6.30. The zero-order valence-corrected chi connectivity index (χ0v) is 14.0. The molecule has 0 aliphatic heterocycles. The standard InChI is InChI=1S/C18H17ClN2O3/c1-24-16-9-13-8-15(6-7-17(22)23)21(18(13)20-10-16)11-12-2-4-14(19)5-3-12/h2-5,8-10H,6-7,11H2,1H3,(H,22,23). The second kappa shape index (κ2) is 6.93. The van der Waals surface area contributed by atoms with Gasteiger partial charge in [0, 0.05) is 22.6 Å². The lowest BCUT2D eigenvalue weighted by Gasteiger charge is -2.10. The van der Waals surface area contributed by atoms with E-state index in [0.29, 0.717) is 23.7 Å². The fourth-order valence-electron chi connectivity index (χ4n) is 2.68. The van der Waals surface area contributed by atoms with Gasteiger partial charge in [0.2, 0.25) is 0 Å². The molecular weight excluding hydrogens is 328 g/mol. The Morgan fingerprint density at radius 3 is 2.71 bits per heavy atom. The number of methoxy groups -OCH3 is 1. The van der Waals surface area contributed by atoms with E-state index in [2.05, 4.69) is 4.98 Å². The molecular formula is C18H17ClN2O3. The van der Waals surface area contributed by atoms with Crippen LogP contribution in [0.15, 0.2) is 42.6 Å². The van der Waals surface area contributed by atoms with E-state index >= 15 is 0 Å². The topological polar surface area (TPSA) is 64.3 Å². The molecule has 0 saturated heterocycles. The number of carbonyl (C=O) groups is 1. The summed E-state index contributed by atoms with van der Waals surface area (Å²) in [6.45, 7) is 0.606. The Bertz CT molecular complexity index is 872. The monoisotopic (exact) mass is 344 g/mol. The lowest BCUT2D eigenvalue weighted by Crippen LogP contribution is -2.07. The van der Waals surface area contributed by atoms with Crippen LogP contribution in [-0.2, 0) is 17.8 Å². The number of aryl methyl sites for hydroxylation is 1. The summed E-state index contributed by atoms with van der Waals surface area (Å²) in [4.78, 5) is 15.4. The predicted octanol–water partition coefficient (Wildman–Crippen LogP) is 3.76. The van der Waals surface area contributed by atoms with Gasteiger partial charge in [0.05, 0.1) is 19.7 Å². The van der Waals surface area contributed by atoms with E-state index in [9.17, 15) is 4.79 Å². The molecule has 2 heterocycles. The van der Waals surface area contributed by atoms with Crippen molar-refractivity contribution < 1.29 is 14.6 Å². The molecule has 0 atom stereocenters. The maximum atomic E-state index is 10.9. The molecule has 0 fully saturated rings. The van der Waals surface area contributed by atoms with Gasteiger partial charge in [-0.25, -0.2) is 4.98 Å². The average Bonchev–Trinajstić information content (AvgIpc) is 2.91. The fourth-order valence-corrected chi connectivity index (χ4v) is 2.81. The quantitative estimate of drug-likeness (QED) is 0.739. The van der Waals surface area contributed by atoms with Crippen LogP contribution < -0.4 is 4.74 Å². The summed E-state index contributed by atoms with van der Waals surface area (Å²) in [7, 11) is 1.60. The molecule has 3 rings (SSSR count). The SMILES string of the molecule is COc1cnc2c(c1)cc(CCC(=O)O)n2Cc1ccc(Cl)cc1. The number of hydrogen-bond donors (Lipinski definition) is 1. The molecule has 6 heteroatoms. The highest BCUT2D eigenvalue weighted by Crippen LogP contribution is 2.24. The van der Waals surface area contributed by atoms with Gasteiger partial charge in [0.15, 0.2) is 0 Å². The van der Waals surface area contributed by atoms with Crippen molar-refractivity contribution in [3.8, 4) is 5.75 Å². The molecule has 0 amide bonds. The molecule has 1 N–H and O–H groups in total. The van der Waals surface area contributed by atoms with Crippen LogP contribution in [0.5, 0.6) is 5.75 Å². The zero-order chi connectivity index (χ0) is 17.1. The molecule has 24 heavy (non-hydrogen) atoms. The maximum absolute atomic E-state index is 10.9. The van der Waals surface area contributed by atoms with Gasteiger partial charge < -0.3 is 14.4 Å². The van der Waals surface area contributed by atoms with E-state index in [4.69, 9.17) is 21.4 Å². The summed E-state index contributed by atoms with van der Waals surface area (Å²) in [5.74, 6) is -0.139. The van der Waals surface area contributed by atoms with Gasteiger partial charge in [-0.1, -0.05) is 23.7 Å². The number of aliphatic carboxylic acids is 1. The van der Waals surface area contributed by atoms with Gasteiger partial charge in [-0.15, -0.1) is 0 Å². The van der Waals surface area contributed by atoms with Crippen LogP contribution >= 0.6 is 11.6 Å². The van der Waals surface area contributed by atoms with E-state index in [1.54, 1.807) is 13.3 Å². The van der Waals surface area contributed by atoms with Crippen molar-refractivity contribution in [3.63, 3.8) is 0 Å². The number of benzene rings is 1. The number of hydrogen-bond acceptors (Lipinski definition) is 3. The van der Waals surface area contributed by atoms with Crippen LogP contribution in [-0.4, -0.2) is 27.7 Å². The molecule has 1 aromatic carbocycles. The van der Waals surface area contributed by atoms with Crippen LogP contribution in [0.4, 0.5) is 0 Å². The van der Waals surface area contributed by atoms with E-state index in [1.807, 2.05) is 41.0 Å². The van der Waals surface area contributed by atoms with Gasteiger partial charge in [-0.2, -0.15) is 0 Å². The largest absolute Gasteiger partial charge is 0.495 e. The van der Waals surface area contributed by atoms with Crippen LogP contribution in [0.1, 0.15) is 17.7 Å². The summed E-state index contributed by atoms with van der Waals surface area (Å²) < 4.78 is 7.26. The number of fused-ring (bicyclic) bond motifs is 1. The number of ether oxygens (including phenoxy) is 1. The summed E-state index contributed by atoms with van der Waals surface area (Å²) in [6.07, 6.45) is 2.19. The summed E-state index contributed by atoms with van der Waals surface area (Å²) in [5.41, 5.74) is 2.82. The minimum absolute atomic E-state index is 0.0775. The first-order chi connectivity index (χ1) is 11.6. The minimum Gasteiger partial charge on any atom is -0.495 e. The van der Waals surface area contributed by atoms with Gasteiger partial charge in [0.1, 0.15) is 11.4 Å². The third-order valence-electron chi connectivity index (χ3n) is 3.88. The van der Waals surface area contributed by atoms with E-state index < -0.39 is 5.97 Å². The predicted molar refractivity (Wildman–Crippen MR) is 92.8 cm³/mol. The average molecular weight is 345 g/mol. The molecule has 0 radical (unpaired) electrons. The summed E-state index contributed by atoms with van der Waals surface area (Å²) >= 11 is 5.94. The Morgan fingerprint density at radius 2 is 2.04 bits per heavy atom. The number of pyridine rings is 1. The minimum atomic E-state index is -0.816. The van der Waals surface area contributed by atoms with Crippen LogP contribution in [0.3, 0.4) is 0 Å².